The molecule has 0 amide bonds. The number of nitrogen functional groups attached to an aromatic ring is 1. The number of phosphoric ester groups is 1. The fraction of sp³-hybridized carbons (Fsp3) is 0.545. The van der Waals surface area contributed by atoms with Gasteiger partial charge in [0, 0.05) is 4.91 Å². The van der Waals surface area contributed by atoms with Gasteiger partial charge in [0.05, 0.1) is 19.5 Å². The zero-order chi connectivity index (χ0) is 19.8. The van der Waals surface area contributed by atoms with Crippen LogP contribution in [-0.2, 0) is 13.8 Å². The highest BCUT2D eigenvalue weighted by Gasteiger charge is 2.56. The number of aliphatic hydroxyl groups excluding tert-OH is 1. The van der Waals surface area contributed by atoms with E-state index in [2.05, 4.69) is 29.5 Å². The number of aliphatic hydroxyl groups is 1. The maximum atomic E-state index is 14.8. The van der Waals surface area contributed by atoms with Crippen LogP contribution < -0.4 is 5.73 Å². The van der Waals surface area contributed by atoms with Crippen LogP contribution in [0.4, 0.5) is 10.2 Å². The van der Waals surface area contributed by atoms with Gasteiger partial charge in [0.25, 0.3) is 0 Å². The standard InChI is InChI=1S/C11H14FN8O6P/c12-5-7(21)11(1-18-19-14,2-25-27(22,23)24)26-10(5)20-4-17-6-8(13)15-3-16-9(6)20/h3-5,7,10,21H,1-2H2,(H2,13,15,16)(H2,22,23,24)/t5-,7+,10-,11-/m1/s1. The third-order valence-electron chi connectivity index (χ3n) is 4.01. The molecule has 2 aromatic heterocycles. The molecular formula is C11H14FN8O6P. The molecule has 0 bridgehead atoms. The van der Waals surface area contributed by atoms with E-state index < -0.39 is 45.1 Å². The van der Waals surface area contributed by atoms with Crippen LogP contribution >= 0.6 is 7.82 Å². The van der Waals surface area contributed by atoms with Gasteiger partial charge < -0.3 is 25.4 Å². The van der Waals surface area contributed by atoms with E-state index in [0.717, 1.165) is 17.2 Å². The summed E-state index contributed by atoms with van der Waals surface area (Å²) in [4.78, 5) is 32.0. The van der Waals surface area contributed by atoms with E-state index in [-0.39, 0.29) is 17.0 Å². The van der Waals surface area contributed by atoms with Crippen LogP contribution in [0.2, 0.25) is 0 Å². The van der Waals surface area contributed by atoms with Crippen molar-refractivity contribution in [1.82, 2.24) is 19.5 Å². The first-order valence-electron chi connectivity index (χ1n) is 7.32. The van der Waals surface area contributed by atoms with Crippen molar-refractivity contribution in [3.63, 3.8) is 0 Å². The number of phosphoric acid groups is 1. The van der Waals surface area contributed by atoms with Gasteiger partial charge >= 0.3 is 7.82 Å². The van der Waals surface area contributed by atoms with Crippen molar-refractivity contribution in [2.24, 2.45) is 5.11 Å². The Morgan fingerprint density at radius 3 is 2.93 bits per heavy atom. The third kappa shape index (κ3) is 3.57. The van der Waals surface area contributed by atoms with Crippen LogP contribution in [0, 0.1) is 0 Å². The predicted molar refractivity (Wildman–Crippen MR) is 85.5 cm³/mol. The molecule has 5 N–H and O–H groups in total. The first kappa shape index (κ1) is 19.4. The second kappa shape index (κ2) is 6.98. The molecule has 3 rings (SSSR count). The normalized spacial score (nSPS) is 28.4. The van der Waals surface area contributed by atoms with Crippen LogP contribution in [0.15, 0.2) is 17.8 Å². The number of nitrogens with two attached hydrogens (primary N) is 1. The summed E-state index contributed by atoms with van der Waals surface area (Å²) >= 11 is 0. The van der Waals surface area contributed by atoms with Crippen molar-refractivity contribution in [3.05, 3.63) is 23.1 Å². The number of ether oxygens (including phenoxy) is 1. The number of azide groups is 1. The lowest BCUT2D eigenvalue weighted by atomic mass is 9.97. The van der Waals surface area contributed by atoms with E-state index in [0.29, 0.717) is 0 Å². The fourth-order valence-corrected chi connectivity index (χ4v) is 3.11. The van der Waals surface area contributed by atoms with Crippen molar-refractivity contribution in [3.8, 4) is 0 Å². The molecule has 1 fully saturated rings. The monoisotopic (exact) mass is 404 g/mol. The van der Waals surface area contributed by atoms with Crippen molar-refractivity contribution >= 4 is 24.8 Å². The van der Waals surface area contributed by atoms with Crippen LogP contribution in [0.1, 0.15) is 6.23 Å². The number of anilines is 1. The van der Waals surface area contributed by atoms with Crippen molar-refractivity contribution in [2.75, 3.05) is 18.9 Å². The number of imidazole rings is 1. The van der Waals surface area contributed by atoms with Gasteiger partial charge in [-0.25, -0.2) is 23.9 Å². The van der Waals surface area contributed by atoms with Gasteiger partial charge in [-0.15, -0.1) is 0 Å². The van der Waals surface area contributed by atoms with Gasteiger partial charge in [0.15, 0.2) is 23.9 Å². The smallest absolute Gasteiger partial charge is 0.387 e. The first-order valence-corrected chi connectivity index (χ1v) is 8.85. The zero-order valence-corrected chi connectivity index (χ0v) is 14.3. The molecule has 0 aliphatic carbocycles. The first-order chi connectivity index (χ1) is 12.7. The maximum absolute atomic E-state index is 14.8. The molecule has 1 saturated heterocycles. The molecule has 0 aromatic carbocycles. The molecule has 0 spiro atoms. The van der Waals surface area contributed by atoms with E-state index >= 15 is 0 Å². The number of nitrogens with zero attached hydrogens (tertiary/aromatic N) is 7. The number of aromatic nitrogens is 4. The lowest BCUT2D eigenvalue weighted by Gasteiger charge is -2.29. The number of hydrogen-bond donors (Lipinski definition) is 4. The molecule has 2 aromatic rings. The quantitative estimate of drug-likeness (QED) is 0.215. The molecule has 1 aliphatic rings. The van der Waals surface area contributed by atoms with Gasteiger partial charge in [-0.2, -0.15) is 0 Å². The molecule has 0 unspecified atom stereocenters. The Bertz CT molecular complexity index is 946. The Labute approximate surface area is 149 Å². The minimum atomic E-state index is -4.97. The Hall–Kier alpha value is -2.38. The molecule has 0 radical (unpaired) electrons. The Morgan fingerprint density at radius 1 is 1.52 bits per heavy atom. The van der Waals surface area contributed by atoms with Crippen LogP contribution in [-0.4, -0.2) is 65.4 Å². The number of alkyl halides is 1. The van der Waals surface area contributed by atoms with Crippen LogP contribution in [0.3, 0.4) is 0 Å². The molecule has 146 valence electrons. The highest BCUT2D eigenvalue weighted by atomic mass is 31.2. The summed E-state index contributed by atoms with van der Waals surface area (Å²) in [7, 11) is -4.97. The lowest BCUT2D eigenvalue weighted by Crippen LogP contribution is -2.48. The summed E-state index contributed by atoms with van der Waals surface area (Å²) in [5.74, 6) is 0.0397. The van der Waals surface area contributed by atoms with Crippen LogP contribution in [0.25, 0.3) is 21.6 Å². The molecule has 0 saturated carbocycles. The topological polar surface area (TPSA) is 215 Å². The molecule has 27 heavy (non-hydrogen) atoms. The zero-order valence-electron chi connectivity index (χ0n) is 13.4. The summed E-state index contributed by atoms with van der Waals surface area (Å²) in [6.07, 6.45) is -3.25. The van der Waals surface area contributed by atoms with Crippen LogP contribution in [0.5, 0.6) is 0 Å². The van der Waals surface area contributed by atoms with Crippen molar-refractivity contribution in [2.45, 2.75) is 24.1 Å². The number of halogens is 1. The minimum absolute atomic E-state index is 0.0397. The summed E-state index contributed by atoms with van der Waals surface area (Å²) in [5, 5.41) is 13.5. The summed E-state index contributed by atoms with van der Waals surface area (Å²) in [5.41, 5.74) is 12.4. The predicted octanol–water partition coefficient (Wildman–Crippen LogP) is -0.205. The third-order valence-corrected chi connectivity index (χ3v) is 4.47. The average molecular weight is 404 g/mol. The highest BCUT2D eigenvalue weighted by molar-refractivity contribution is 7.46. The van der Waals surface area contributed by atoms with Crippen molar-refractivity contribution in [1.29, 1.82) is 0 Å². The van der Waals surface area contributed by atoms with Gasteiger partial charge in [-0.1, -0.05) is 5.11 Å². The lowest BCUT2D eigenvalue weighted by molar-refractivity contribution is -0.118. The Balaban J connectivity index is 1.99. The number of rotatable bonds is 6. The molecule has 16 heteroatoms. The Kier molecular flexibility index (Phi) is 5.01. The van der Waals surface area contributed by atoms with Gasteiger partial charge in [0.2, 0.25) is 0 Å². The molecular weight excluding hydrogens is 390 g/mol. The molecule has 1 aliphatic heterocycles. The minimum Gasteiger partial charge on any atom is -0.387 e. The number of fused-ring (bicyclic) bond motifs is 1. The maximum Gasteiger partial charge on any atom is 0.469 e. The highest BCUT2D eigenvalue weighted by Crippen LogP contribution is 2.44. The second-order valence-corrected chi connectivity index (χ2v) is 6.94. The van der Waals surface area contributed by atoms with Crippen molar-refractivity contribution < 1.29 is 33.1 Å². The van der Waals surface area contributed by atoms with E-state index in [4.69, 9.17) is 25.8 Å². The average Bonchev–Trinajstić information content (AvgIpc) is 3.14. The molecule has 14 nitrogen and oxygen atoms in total. The second-order valence-electron chi connectivity index (χ2n) is 5.70. The molecule has 3 heterocycles. The summed E-state index contributed by atoms with van der Waals surface area (Å²) in [6, 6.07) is 0. The fourth-order valence-electron chi connectivity index (χ4n) is 2.73. The Morgan fingerprint density at radius 2 is 2.26 bits per heavy atom. The van der Waals surface area contributed by atoms with Gasteiger partial charge in [-0.05, 0) is 5.53 Å². The van der Waals surface area contributed by atoms with E-state index in [1.54, 1.807) is 0 Å². The van der Waals surface area contributed by atoms with E-state index in [1.165, 1.54) is 0 Å². The largest absolute Gasteiger partial charge is 0.469 e. The summed E-state index contributed by atoms with van der Waals surface area (Å²) in [6.45, 7) is -1.58. The van der Waals surface area contributed by atoms with Gasteiger partial charge in [-0.3, -0.25) is 9.09 Å². The number of hydrogen-bond acceptors (Lipinski definition) is 9. The summed E-state index contributed by atoms with van der Waals surface area (Å²) < 4.78 is 36.9. The molecule has 4 atom stereocenters. The van der Waals surface area contributed by atoms with E-state index in [1.807, 2.05) is 0 Å². The van der Waals surface area contributed by atoms with E-state index in [9.17, 15) is 14.1 Å². The van der Waals surface area contributed by atoms with Gasteiger partial charge in [0.1, 0.15) is 23.5 Å². The SMILES string of the molecule is [N-]=[N+]=NC[C@]1(COP(=O)(O)O)O[C@@H](n2cnc3c(N)ncnc32)[C@H](F)[C@@H]1O.